The van der Waals surface area contributed by atoms with Crippen molar-refractivity contribution < 1.29 is 0 Å². The number of nitrogens with two attached hydrogens (primary N) is 1. The number of fused-ring (bicyclic) bond motifs is 2. The van der Waals surface area contributed by atoms with Gasteiger partial charge in [0.05, 0.1) is 0 Å². The van der Waals surface area contributed by atoms with Crippen molar-refractivity contribution in [1.29, 1.82) is 0 Å². The van der Waals surface area contributed by atoms with E-state index in [0.29, 0.717) is 17.7 Å². The van der Waals surface area contributed by atoms with Crippen molar-refractivity contribution in [2.24, 2.45) is 5.73 Å². The molecule has 2 aliphatic rings. The Bertz CT molecular complexity index is 2190. The molecule has 0 radical (unpaired) electrons. The topological polar surface area (TPSA) is 71.2 Å². The fraction of sp³-hybridized carbons (Fsp3) is 0.255. The Balaban J connectivity index is 1.41. The smallest absolute Gasteiger partial charge is 0.138 e. The van der Waals surface area contributed by atoms with Gasteiger partial charge in [0.25, 0.3) is 0 Å². The van der Waals surface area contributed by atoms with Crippen molar-refractivity contribution in [3.05, 3.63) is 157 Å². The van der Waals surface area contributed by atoms with Crippen molar-refractivity contribution in [2.45, 2.75) is 76.0 Å². The molecule has 0 saturated heterocycles. The van der Waals surface area contributed by atoms with Crippen LogP contribution in [0.4, 0.5) is 28.8 Å². The van der Waals surface area contributed by atoms with Gasteiger partial charge in [0.2, 0.25) is 0 Å². The zero-order valence-corrected chi connectivity index (χ0v) is 30.4. The van der Waals surface area contributed by atoms with Crippen LogP contribution in [0.1, 0.15) is 87.2 Å². The van der Waals surface area contributed by atoms with E-state index in [1.807, 2.05) is 79.3 Å². The monoisotopic (exact) mass is 696 g/mol. The van der Waals surface area contributed by atoms with Crippen molar-refractivity contribution in [3.8, 4) is 0 Å². The highest BCUT2D eigenvalue weighted by atomic mass is 15.2. The second-order valence-corrected chi connectivity index (χ2v) is 14.4. The Morgan fingerprint density at radius 1 is 0.566 bits per heavy atom. The van der Waals surface area contributed by atoms with Crippen LogP contribution in [-0.4, -0.2) is 15.0 Å². The maximum atomic E-state index is 6.87. The molecule has 0 bridgehead atoms. The molecule has 2 N–H and O–H groups in total. The molecule has 0 atom stereocenters. The highest BCUT2D eigenvalue weighted by molar-refractivity contribution is 6.09. The third kappa shape index (κ3) is 7.06. The number of rotatable bonds is 10. The number of hydrogen-bond donors (Lipinski definition) is 1. The van der Waals surface area contributed by atoms with Crippen LogP contribution in [0.5, 0.6) is 0 Å². The van der Waals surface area contributed by atoms with Crippen LogP contribution in [0, 0.1) is 0 Å². The van der Waals surface area contributed by atoms with Crippen LogP contribution in [0.25, 0.3) is 21.5 Å². The van der Waals surface area contributed by atoms with Crippen LogP contribution in [0.15, 0.2) is 146 Å². The van der Waals surface area contributed by atoms with E-state index >= 15 is 0 Å². The predicted octanol–water partition coefficient (Wildman–Crippen LogP) is 12.4. The first-order valence-corrected chi connectivity index (χ1v) is 19.3. The Hall–Kier alpha value is -5.75. The summed E-state index contributed by atoms with van der Waals surface area (Å²) in [6, 6.07) is 32.3. The molecule has 0 spiro atoms. The minimum absolute atomic E-state index is 0.477. The fourth-order valence-corrected chi connectivity index (χ4v) is 8.77. The van der Waals surface area contributed by atoms with E-state index in [2.05, 4.69) is 64.9 Å². The van der Waals surface area contributed by atoms with Crippen molar-refractivity contribution in [2.75, 3.05) is 9.80 Å². The normalized spacial score (nSPS) is 16.0. The molecule has 2 aliphatic carbocycles. The molecule has 266 valence electrons. The van der Waals surface area contributed by atoms with Gasteiger partial charge in [-0.25, -0.2) is 15.0 Å². The largest absolute Gasteiger partial charge is 0.385 e. The number of allylic oxidation sites excluding steroid dienone is 4. The number of hydrogen-bond acceptors (Lipinski definition) is 6. The van der Waals surface area contributed by atoms with Gasteiger partial charge in [-0.3, -0.25) is 9.80 Å². The third-order valence-electron chi connectivity index (χ3n) is 11.1. The van der Waals surface area contributed by atoms with Crippen molar-refractivity contribution >= 4 is 50.4 Å². The van der Waals surface area contributed by atoms with E-state index in [9.17, 15) is 0 Å². The van der Waals surface area contributed by atoms with Gasteiger partial charge in [0.1, 0.15) is 23.3 Å². The summed E-state index contributed by atoms with van der Waals surface area (Å²) < 4.78 is 0. The lowest BCUT2D eigenvalue weighted by atomic mass is 9.74. The summed E-state index contributed by atoms with van der Waals surface area (Å²) in [5, 5.41) is 5.44. The van der Waals surface area contributed by atoms with Crippen LogP contribution >= 0.6 is 0 Å². The van der Waals surface area contributed by atoms with Gasteiger partial charge in [-0.1, -0.05) is 93.7 Å². The average Bonchev–Trinajstić information content (AvgIpc) is 3.22. The number of aromatic nitrogens is 3. The lowest BCUT2D eigenvalue weighted by Gasteiger charge is -2.32. The highest BCUT2D eigenvalue weighted by Gasteiger charge is 2.28. The summed E-state index contributed by atoms with van der Waals surface area (Å²) in [5.74, 6) is 4.05. The van der Waals surface area contributed by atoms with Crippen LogP contribution in [0.3, 0.4) is 0 Å². The standard InChI is InChI=1S/C47H48N6/c1-2-3-6-21-42(48)52(43-22-11-14-29-49-43)36-25-27-38-40(32-36)46(34-17-7-4-8-18-34)39-28-26-37(33-41(39)47(38)35-19-9-5-10-20-35)53(44-23-12-15-30-50-44)45-24-13-16-31-51-45/h2-3,6,11-16,21-35H,1,4-5,7-10,17-20,48H2/b6-3-,42-21+. The summed E-state index contributed by atoms with van der Waals surface area (Å²) in [6.45, 7) is 3.83. The van der Waals surface area contributed by atoms with E-state index in [-0.39, 0.29) is 0 Å². The first-order valence-electron chi connectivity index (χ1n) is 19.3. The summed E-state index contributed by atoms with van der Waals surface area (Å²) in [5.41, 5.74) is 11.9. The molecule has 6 nitrogen and oxygen atoms in total. The third-order valence-corrected chi connectivity index (χ3v) is 11.1. The molecule has 0 unspecified atom stereocenters. The average molecular weight is 697 g/mol. The minimum atomic E-state index is 0.477. The van der Waals surface area contributed by atoms with Crippen molar-refractivity contribution in [3.63, 3.8) is 0 Å². The molecule has 2 saturated carbocycles. The zero-order valence-electron chi connectivity index (χ0n) is 30.4. The van der Waals surface area contributed by atoms with E-state index in [1.54, 1.807) is 6.08 Å². The Morgan fingerprint density at radius 2 is 1.06 bits per heavy atom. The SMILES string of the molecule is C=C/C=C\C=C(/N)N(c1ccc2c(C3CCCCC3)c3cc(N(c4ccccn4)c4ccccn4)ccc3c(C3CCCCC3)c2c1)c1ccccn1. The molecule has 6 aromatic rings. The molecule has 53 heavy (non-hydrogen) atoms. The van der Waals surface area contributed by atoms with Crippen LogP contribution in [-0.2, 0) is 0 Å². The maximum Gasteiger partial charge on any atom is 0.138 e. The summed E-state index contributed by atoms with van der Waals surface area (Å²) >= 11 is 0. The summed E-state index contributed by atoms with van der Waals surface area (Å²) in [4.78, 5) is 18.6. The number of anilines is 5. The molecule has 0 amide bonds. The highest BCUT2D eigenvalue weighted by Crippen LogP contribution is 2.49. The predicted molar refractivity (Wildman–Crippen MR) is 221 cm³/mol. The fourth-order valence-electron chi connectivity index (χ4n) is 8.77. The van der Waals surface area contributed by atoms with E-state index in [1.165, 1.54) is 96.9 Å². The van der Waals surface area contributed by atoms with Gasteiger partial charge in [0.15, 0.2) is 0 Å². The number of benzene rings is 3. The summed E-state index contributed by atoms with van der Waals surface area (Å²) in [6.07, 6.45) is 25.5. The van der Waals surface area contributed by atoms with Crippen LogP contribution in [0.2, 0.25) is 0 Å². The molecule has 3 heterocycles. The van der Waals surface area contributed by atoms with Gasteiger partial charge in [-0.2, -0.15) is 0 Å². The molecule has 3 aromatic carbocycles. The van der Waals surface area contributed by atoms with Gasteiger partial charge in [-0.05, 0) is 137 Å². The zero-order chi connectivity index (χ0) is 36.0. The Labute approximate surface area is 313 Å². The second kappa shape index (κ2) is 15.9. The summed E-state index contributed by atoms with van der Waals surface area (Å²) in [7, 11) is 0. The molecule has 2 fully saturated rings. The maximum absolute atomic E-state index is 6.87. The molecular weight excluding hydrogens is 649 g/mol. The molecule has 0 aliphatic heterocycles. The van der Waals surface area contributed by atoms with Crippen molar-refractivity contribution in [1.82, 2.24) is 15.0 Å². The van der Waals surface area contributed by atoms with Crippen LogP contribution < -0.4 is 15.5 Å². The lowest BCUT2D eigenvalue weighted by Crippen LogP contribution is -2.23. The van der Waals surface area contributed by atoms with E-state index < -0.39 is 0 Å². The first kappa shape index (κ1) is 34.3. The minimum Gasteiger partial charge on any atom is -0.385 e. The van der Waals surface area contributed by atoms with Gasteiger partial charge < -0.3 is 5.73 Å². The Morgan fingerprint density at radius 3 is 1.55 bits per heavy atom. The number of pyridine rings is 3. The van der Waals surface area contributed by atoms with E-state index in [4.69, 9.17) is 20.7 Å². The van der Waals surface area contributed by atoms with E-state index in [0.717, 1.165) is 28.8 Å². The number of nitrogens with zero attached hydrogens (tertiary/aromatic N) is 5. The van der Waals surface area contributed by atoms with Gasteiger partial charge in [-0.15, -0.1) is 0 Å². The second-order valence-electron chi connectivity index (χ2n) is 14.4. The first-order chi connectivity index (χ1) is 26.2. The molecular formula is C47H48N6. The van der Waals surface area contributed by atoms with Gasteiger partial charge in [0, 0.05) is 30.0 Å². The molecule has 8 rings (SSSR count). The molecule has 3 aromatic heterocycles. The quantitative estimate of drug-likeness (QED) is 0.114. The van der Waals surface area contributed by atoms with Gasteiger partial charge >= 0.3 is 0 Å². The lowest BCUT2D eigenvalue weighted by molar-refractivity contribution is 0.445. The Kier molecular flexibility index (Phi) is 10.3. The molecule has 6 heteroatoms.